The Morgan fingerprint density at radius 1 is 0.875 bits per heavy atom. The third-order valence-corrected chi connectivity index (χ3v) is 9.31. The van der Waals surface area contributed by atoms with Gasteiger partial charge in [0.25, 0.3) is 0 Å². The summed E-state index contributed by atoms with van der Waals surface area (Å²) in [5, 5.41) is 0. The Labute approximate surface area is 103 Å². The largest absolute Gasteiger partial charge is 0.285 e. The van der Waals surface area contributed by atoms with Gasteiger partial charge in [0.1, 0.15) is 0 Å². The van der Waals surface area contributed by atoms with Crippen molar-refractivity contribution >= 4 is 8.32 Å². The van der Waals surface area contributed by atoms with Gasteiger partial charge in [-0.3, -0.25) is 4.58 Å². The molecule has 0 saturated carbocycles. The second-order valence-corrected chi connectivity index (χ2v) is 10.9. The van der Waals surface area contributed by atoms with E-state index in [1.807, 2.05) is 0 Å². The van der Waals surface area contributed by atoms with Gasteiger partial charge in [-0.05, 0) is 23.0 Å². The molecule has 0 fully saturated rings. The zero-order chi connectivity index (χ0) is 12.8. The van der Waals surface area contributed by atoms with Crippen LogP contribution in [0.1, 0.15) is 61.3 Å². The molecule has 0 aromatic rings. The smallest absolute Gasteiger partial charge is 0.246 e. The summed E-state index contributed by atoms with van der Waals surface area (Å²) in [5.74, 6) is 0. The summed E-state index contributed by atoms with van der Waals surface area (Å²) in [5.41, 5.74) is 1.78. The van der Waals surface area contributed by atoms with Crippen LogP contribution in [-0.4, -0.2) is 14.9 Å². The van der Waals surface area contributed by atoms with E-state index in [4.69, 9.17) is 9.46 Å². The Balaban J connectivity index is 4.52. The minimum atomic E-state index is -1.80. The Bertz CT molecular complexity index is 157. The monoisotopic (exact) mass is 246 g/mol. The van der Waals surface area contributed by atoms with Crippen LogP contribution in [0.5, 0.6) is 0 Å². The van der Waals surface area contributed by atoms with E-state index in [-0.39, 0.29) is 0 Å². The predicted octanol–water partition coefficient (Wildman–Crippen LogP) is 4.91. The molecule has 0 aromatic heterocycles. The average Bonchev–Trinajstić information content (AvgIpc) is 2.16. The Morgan fingerprint density at radius 3 is 1.62 bits per heavy atom. The molecule has 0 aromatic carbocycles. The molecule has 16 heavy (non-hydrogen) atoms. The summed E-state index contributed by atoms with van der Waals surface area (Å²) >= 11 is 0. The lowest BCUT2D eigenvalue weighted by molar-refractivity contribution is -0.224. The van der Waals surface area contributed by atoms with Crippen molar-refractivity contribution in [2.24, 2.45) is 0 Å². The third-order valence-electron chi connectivity index (χ3n) is 3.49. The molecule has 0 N–H and O–H groups in total. The Hall–Kier alpha value is 0.137. The van der Waals surface area contributed by atoms with Crippen LogP contribution in [0.4, 0.5) is 0 Å². The van der Waals surface area contributed by atoms with Gasteiger partial charge >= 0.3 is 0 Å². The molecule has 0 heterocycles. The lowest BCUT2D eigenvalue weighted by atomic mass is 10.4. The van der Waals surface area contributed by atoms with Crippen LogP contribution >= 0.6 is 0 Å². The molecule has 0 aliphatic rings. The highest BCUT2D eigenvalue weighted by molar-refractivity contribution is 6.77. The second kappa shape index (κ2) is 7.46. The Morgan fingerprint density at radius 2 is 1.31 bits per heavy atom. The first-order chi connectivity index (χ1) is 7.39. The van der Waals surface area contributed by atoms with E-state index in [9.17, 15) is 0 Å². The van der Waals surface area contributed by atoms with E-state index in [1.54, 1.807) is 0 Å². The van der Waals surface area contributed by atoms with Crippen molar-refractivity contribution in [1.82, 2.24) is 0 Å². The van der Waals surface area contributed by atoms with Crippen LogP contribution in [0.3, 0.4) is 0 Å². The van der Waals surface area contributed by atoms with Gasteiger partial charge in [-0.2, -0.15) is 0 Å². The van der Waals surface area contributed by atoms with Crippen LogP contribution in [0.15, 0.2) is 0 Å². The highest BCUT2D eigenvalue weighted by atomic mass is 28.4. The van der Waals surface area contributed by atoms with Crippen molar-refractivity contribution in [3.63, 3.8) is 0 Å². The standard InChI is InChI=1S/C13H30O2Si/c1-8-9-10-14-15-16(11(2)3,12(4)5)13(6)7/h11-13H,8-10H2,1-7H3. The Kier molecular flexibility index (Phi) is 7.52. The molecule has 0 unspecified atom stereocenters. The maximum Gasteiger partial charge on any atom is 0.246 e. The molecular formula is C13H30O2Si. The third kappa shape index (κ3) is 3.86. The van der Waals surface area contributed by atoms with Crippen LogP contribution < -0.4 is 0 Å². The number of hydrogen-bond acceptors (Lipinski definition) is 2. The maximum absolute atomic E-state index is 5.96. The van der Waals surface area contributed by atoms with Gasteiger partial charge in [-0.25, -0.2) is 4.89 Å². The molecule has 0 amide bonds. The van der Waals surface area contributed by atoms with Crippen molar-refractivity contribution in [3.05, 3.63) is 0 Å². The molecule has 0 radical (unpaired) electrons. The van der Waals surface area contributed by atoms with E-state index in [2.05, 4.69) is 48.5 Å². The molecule has 0 rings (SSSR count). The first kappa shape index (κ1) is 16.1. The van der Waals surface area contributed by atoms with E-state index < -0.39 is 8.32 Å². The number of unbranched alkanes of at least 4 members (excludes halogenated alkanes) is 1. The lowest BCUT2D eigenvalue weighted by Crippen LogP contribution is -2.47. The summed E-state index contributed by atoms with van der Waals surface area (Å²) in [6.07, 6.45) is 2.24. The average molecular weight is 246 g/mol. The van der Waals surface area contributed by atoms with Crippen LogP contribution in [-0.2, 0) is 9.46 Å². The summed E-state index contributed by atoms with van der Waals surface area (Å²) in [7, 11) is -1.80. The van der Waals surface area contributed by atoms with E-state index in [1.165, 1.54) is 0 Å². The number of hydrogen-bond donors (Lipinski definition) is 0. The fourth-order valence-electron chi connectivity index (χ4n) is 2.64. The summed E-state index contributed by atoms with van der Waals surface area (Å²) in [6.45, 7) is 16.5. The lowest BCUT2D eigenvalue weighted by Gasteiger charge is -2.40. The predicted molar refractivity (Wildman–Crippen MR) is 73.0 cm³/mol. The van der Waals surface area contributed by atoms with Gasteiger partial charge in [-0.1, -0.05) is 54.9 Å². The first-order valence-corrected chi connectivity index (χ1v) is 8.84. The summed E-state index contributed by atoms with van der Waals surface area (Å²) in [6, 6.07) is 0. The highest BCUT2D eigenvalue weighted by Gasteiger charge is 2.47. The summed E-state index contributed by atoms with van der Waals surface area (Å²) in [4.78, 5) is 5.49. The van der Waals surface area contributed by atoms with Gasteiger partial charge in [0, 0.05) is 0 Å². The summed E-state index contributed by atoms with van der Waals surface area (Å²) < 4.78 is 5.96. The molecule has 0 bridgehead atoms. The van der Waals surface area contributed by atoms with Crippen LogP contribution in [0.2, 0.25) is 16.6 Å². The van der Waals surface area contributed by atoms with Crippen molar-refractivity contribution in [1.29, 1.82) is 0 Å². The molecule has 0 atom stereocenters. The highest BCUT2D eigenvalue weighted by Crippen LogP contribution is 2.42. The molecule has 0 saturated heterocycles. The maximum atomic E-state index is 5.96. The zero-order valence-corrected chi connectivity index (χ0v) is 13.2. The number of rotatable bonds is 8. The van der Waals surface area contributed by atoms with Gasteiger partial charge in [0.05, 0.1) is 6.61 Å². The fourth-order valence-corrected chi connectivity index (χ4v) is 7.50. The van der Waals surface area contributed by atoms with Crippen molar-refractivity contribution in [2.75, 3.05) is 6.61 Å². The molecule has 0 aliphatic heterocycles. The normalized spacial score (nSPS) is 13.1. The second-order valence-electron chi connectivity index (χ2n) is 5.58. The van der Waals surface area contributed by atoms with Crippen LogP contribution in [0, 0.1) is 0 Å². The van der Waals surface area contributed by atoms with Gasteiger partial charge in [-0.15, -0.1) is 0 Å². The van der Waals surface area contributed by atoms with Gasteiger partial charge in [0.2, 0.25) is 8.32 Å². The molecule has 2 nitrogen and oxygen atoms in total. The SMILES string of the molecule is CCCCOO[Si](C(C)C)(C(C)C)C(C)C. The van der Waals surface area contributed by atoms with E-state index >= 15 is 0 Å². The molecular weight excluding hydrogens is 216 g/mol. The van der Waals surface area contributed by atoms with Gasteiger partial charge in [0.15, 0.2) is 0 Å². The quantitative estimate of drug-likeness (QED) is 0.262. The zero-order valence-electron chi connectivity index (χ0n) is 12.2. The minimum absolute atomic E-state index is 0.592. The fraction of sp³-hybridized carbons (Fsp3) is 1.00. The molecule has 0 spiro atoms. The van der Waals surface area contributed by atoms with E-state index in [0.717, 1.165) is 19.4 Å². The van der Waals surface area contributed by atoms with Gasteiger partial charge < -0.3 is 0 Å². The molecule has 0 aliphatic carbocycles. The van der Waals surface area contributed by atoms with E-state index in [0.29, 0.717) is 16.6 Å². The van der Waals surface area contributed by atoms with Crippen molar-refractivity contribution in [2.45, 2.75) is 77.9 Å². The first-order valence-electron chi connectivity index (χ1n) is 6.70. The molecule has 98 valence electrons. The topological polar surface area (TPSA) is 18.5 Å². The van der Waals surface area contributed by atoms with Crippen LogP contribution in [0.25, 0.3) is 0 Å². The van der Waals surface area contributed by atoms with Crippen molar-refractivity contribution in [3.8, 4) is 0 Å². The van der Waals surface area contributed by atoms with Crippen molar-refractivity contribution < 1.29 is 9.46 Å². The minimum Gasteiger partial charge on any atom is -0.285 e. The molecule has 3 heteroatoms.